The Kier molecular flexibility index (Phi) is 8.40. The Bertz CT molecular complexity index is 669. The standard InChI is InChI=1S/C21H34N4O5/c1-15-7-8-18(27)25(15)30-19(28)10-12-22-17(26)9-11-23-20(29)16-6-5-13-24(16)14-21(2,3)4/h16H,1,5-14H2,2-4H3,(H,22,26)(H,23,29)/i2+1,3+1,4+1,14+1,16+1,19+1,21+1,22+1,23+1,24+1. The molecule has 2 fully saturated rings. The molecule has 2 aliphatic heterocycles. The Morgan fingerprint density at radius 1 is 1.13 bits per heavy atom. The van der Waals surface area contributed by atoms with Gasteiger partial charge in [0, 0.05) is 32.5 Å². The lowest BCUT2D eigenvalue weighted by Gasteiger charge is -2.30. The molecule has 1 unspecified atom stereocenters. The third-order valence-corrected chi connectivity index (χ3v) is 4.98. The zero-order valence-electron chi connectivity index (χ0n) is 18.3. The number of hydrogen-bond donors (Lipinski definition) is 2. The molecule has 0 aromatic carbocycles. The van der Waals surface area contributed by atoms with Crippen LogP contribution in [-0.4, -0.2) is 65.9 Å². The van der Waals surface area contributed by atoms with Crippen molar-refractivity contribution in [1.29, 1.82) is 0 Å². The van der Waals surface area contributed by atoms with Gasteiger partial charge in [0.2, 0.25) is 11.8 Å². The molecule has 2 heterocycles. The summed E-state index contributed by atoms with van der Waals surface area (Å²) in [5, 5.41) is 6.38. The van der Waals surface area contributed by atoms with Crippen molar-refractivity contribution < 1.29 is 24.0 Å². The fraction of sp³-hybridized carbons (Fsp3) is 0.714. The summed E-state index contributed by atoms with van der Waals surface area (Å²) in [5.74, 6) is -1.21. The molecule has 2 saturated heterocycles. The van der Waals surface area contributed by atoms with Crippen LogP contribution in [0, 0.1) is 5.41 Å². The third kappa shape index (κ3) is 7.44. The number of amides is 3. The first kappa shape index (κ1) is 23.9. The van der Waals surface area contributed by atoms with Crippen LogP contribution in [0.3, 0.4) is 0 Å². The second-order valence-corrected chi connectivity index (χ2v) is 9.05. The molecular formula is C21H34N4O5. The zero-order valence-corrected chi connectivity index (χ0v) is 18.3. The van der Waals surface area contributed by atoms with Crippen molar-refractivity contribution in [3.8, 4) is 0 Å². The van der Waals surface area contributed by atoms with Gasteiger partial charge < -0.3 is 15.5 Å². The van der Waals surface area contributed by atoms with E-state index >= 15 is 0 Å². The second kappa shape index (κ2) is 10.6. The maximum atomic E-state index is 12.5. The predicted molar refractivity (Wildman–Crippen MR) is 111 cm³/mol. The maximum absolute atomic E-state index is 12.5. The van der Waals surface area contributed by atoms with Crippen LogP contribution in [0.25, 0.3) is 0 Å². The quantitative estimate of drug-likeness (QED) is 0.417. The van der Waals surface area contributed by atoms with Gasteiger partial charge in [-0.1, -0.05) is 27.4 Å². The van der Waals surface area contributed by atoms with Gasteiger partial charge in [-0.3, -0.25) is 19.3 Å². The second-order valence-electron chi connectivity index (χ2n) is 9.05. The molecule has 3 amide bonds. The van der Waals surface area contributed by atoms with E-state index < -0.39 is 5.97 Å². The van der Waals surface area contributed by atoms with E-state index in [9.17, 15) is 19.2 Å². The monoisotopic (exact) mass is 432 g/mol. The highest BCUT2D eigenvalue weighted by molar-refractivity contribution is 5.83. The van der Waals surface area contributed by atoms with Crippen LogP contribution in [0.2, 0.25) is 0 Å². The number of allylic oxidation sites excluding steroid dienone is 1. The normalized spacial score (nSPS) is 19.8. The Hall–Kier alpha value is -2.42. The van der Waals surface area contributed by atoms with Gasteiger partial charge in [0.15, 0.2) is 0 Å². The van der Waals surface area contributed by atoms with Gasteiger partial charge >= 0.3 is 5.97 Å². The van der Waals surface area contributed by atoms with Gasteiger partial charge in [-0.2, -0.15) is 0 Å². The molecule has 2 rings (SSSR count). The summed E-state index contributed by atoms with van der Waals surface area (Å²) in [6.07, 6.45) is 2.67. The first-order chi connectivity index (χ1) is 14.1. The van der Waals surface area contributed by atoms with E-state index in [1.54, 1.807) is 0 Å². The van der Waals surface area contributed by atoms with E-state index in [1.165, 1.54) is 0 Å². The zero-order chi connectivity index (χ0) is 22.3. The van der Waals surface area contributed by atoms with Gasteiger partial charge in [0.25, 0.3) is 5.91 Å². The summed E-state index contributed by atoms with van der Waals surface area (Å²) in [6, 6.07) is -0.134. The summed E-state index contributed by atoms with van der Waals surface area (Å²) in [5.41, 5.74) is 0.579. The average molecular weight is 432 g/mol. The first-order valence-electron chi connectivity index (χ1n) is 10.6. The van der Waals surface area contributed by atoms with Gasteiger partial charge in [0.05, 0.1) is 18.2 Å². The molecule has 0 saturated carbocycles. The number of hydrogen-bond acceptors (Lipinski definition) is 6. The minimum absolute atomic E-state index is 0.0383. The fourth-order valence-corrected chi connectivity index (χ4v) is 3.62. The molecule has 168 valence electrons. The molecule has 2 aliphatic rings. The van der Waals surface area contributed by atoms with Crippen LogP contribution in [0.15, 0.2) is 12.3 Å². The number of hydroxylamine groups is 2. The lowest BCUT2D eigenvalue weighted by atomic mass is 10.3. The summed E-state index contributed by atoms with van der Waals surface area (Å²) in [6.45, 7) is 12.2. The van der Waals surface area contributed by atoms with E-state index in [1.807, 2.05) is 0 Å². The highest BCUT2D eigenvalue weighted by Crippen LogP contribution is 2.24. The van der Waals surface area contributed by atoms with Crippen LogP contribution in [0.5, 0.6) is 0 Å². The molecule has 0 spiro atoms. The van der Waals surface area contributed by atoms with E-state index in [-0.39, 0.29) is 61.5 Å². The first-order valence-corrected chi connectivity index (χ1v) is 10.6. The smallest absolute Gasteiger partial charge is 0.334 e. The molecule has 2 N–H and O–H groups in total. The van der Waals surface area contributed by atoms with Crippen molar-refractivity contribution in [3.63, 3.8) is 0 Å². The van der Waals surface area contributed by atoms with Crippen molar-refractivity contribution in [3.05, 3.63) is 12.3 Å². The maximum Gasteiger partial charge on any atom is 0.334 e. The topological polar surface area (TPSA) is 108 Å². The van der Waals surface area contributed by atoms with Gasteiger partial charge in [0.1, 0.15) is 0 Å². The van der Waals surface area contributed by atoms with Crippen LogP contribution in [-0.2, 0) is 24.0 Å². The number of rotatable bonds is 9. The fourth-order valence-electron chi connectivity index (χ4n) is 3.62. The Labute approximate surface area is 178 Å². The minimum atomic E-state index is -0.611. The Balaban J connectivity index is 1.60. The number of carbonyl (C=O) groups is 4. The third-order valence-electron chi connectivity index (χ3n) is 4.98. The largest absolute Gasteiger partial charge is 0.355 e. The minimum Gasteiger partial charge on any atom is -0.355 e. The van der Waals surface area contributed by atoms with Crippen molar-refractivity contribution >= 4 is 23.7 Å². The van der Waals surface area contributed by atoms with Crippen molar-refractivity contribution in [2.45, 2.75) is 65.3 Å². The van der Waals surface area contributed by atoms with Crippen molar-refractivity contribution in [1.82, 2.24) is 20.6 Å². The SMILES string of the molecule is C=C1CCC(=O)N1O[13C](=O)CC[15NH]C(=O)CC[15NH]C(=O)[13CH]1CCC[15N]1[13CH2][13C]([13CH3])([13CH3])[13CH3]. The summed E-state index contributed by atoms with van der Waals surface area (Å²) in [7, 11) is 0. The van der Waals surface area contributed by atoms with Gasteiger partial charge in [-0.05, 0) is 31.2 Å². The number of nitrogens with one attached hydrogen (secondary N) is 2. The Morgan fingerprint density at radius 2 is 1.83 bits per heavy atom. The molecule has 0 radical (unpaired) electrons. The lowest BCUT2D eigenvalue weighted by Crippen LogP contribution is -2.46. The van der Waals surface area contributed by atoms with E-state index in [0.717, 1.165) is 31.0 Å². The molecule has 0 bridgehead atoms. The van der Waals surface area contributed by atoms with E-state index in [0.29, 0.717) is 12.1 Å². The lowest BCUT2D eigenvalue weighted by molar-refractivity contribution is -0.186. The van der Waals surface area contributed by atoms with E-state index in [4.69, 9.17) is 4.84 Å². The van der Waals surface area contributed by atoms with Crippen LogP contribution >= 0.6 is 0 Å². The average Bonchev–Trinajstić information content (AvgIpc) is 3.21. The number of nitrogens with zero attached hydrogens (tertiary/aromatic N) is 2. The van der Waals surface area contributed by atoms with Crippen molar-refractivity contribution in [2.75, 3.05) is 26.2 Å². The van der Waals surface area contributed by atoms with Crippen LogP contribution in [0.1, 0.15) is 59.3 Å². The van der Waals surface area contributed by atoms with Gasteiger partial charge in [-0.25, -0.2) is 4.79 Å². The summed E-state index contributed by atoms with van der Waals surface area (Å²) >= 11 is 0. The molecule has 30 heavy (non-hydrogen) atoms. The predicted octanol–water partition coefficient (Wildman–Crippen LogP) is 1.10. The van der Waals surface area contributed by atoms with Gasteiger partial charge in [-0.15, -0.1) is 5.06 Å². The molecule has 0 aliphatic carbocycles. The molecule has 9 heteroatoms. The molecule has 0 aromatic rings. The van der Waals surface area contributed by atoms with E-state index in [2.05, 4.69) is 42.9 Å². The highest BCUT2D eigenvalue weighted by atomic mass is 16.8. The van der Waals surface area contributed by atoms with Crippen LogP contribution in [0.4, 0.5) is 0 Å². The van der Waals surface area contributed by atoms with Crippen molar-refractivity contribution in [2.24, 2.45) is 5.41 Å². The number of likely N-dealkylation sites (tertiary alicyclic amines) is 1. The highest BCUT2D eigenvalue weighted by Gasteiger charge is 2.32. The molecule has 1 atom stereocenters. The molecule has 9 nitrogen and oxygen atoms in total. The van der Waals surface area contributed by atoms with Crippen LogP contribution < -0.4 is 10.6 Å². The Morgan fingerprint density at radius 3 is 2.47 bits per heavy atom. The summed E-state index contributed by atoms with van der Waals surface area (Å²) in [4.78, 5) is 54.9. The molecular weight excluding hydrogens is 398 g/mol. The summed E-state index contributed by atoms with van der Waals surface area (Å²) < 4.78 is 0. The number of carbonyl (C=O) groups excluding carboxylic acids is 4. The molecule has 0 aromatic heterocycles.